The predicted molar refractivity (Wildman–Crippen MR) is 222 cm³/mol. The number of hydrogen-bond acceptors (Lipinski definition) is 6. The zero-order valence-corrected chi connectivity index (χ0v) is 33.0. The maximum absolute atomic E-state index is 9.52. The van der Waals surface area contributed by atoms with E-state index >= 15 is 0 Å². The molecule has 0 aliphatic carbocycles. The number of aliphatic hydroxyl groups is 1. The van der Waals surface area contributed by atoms with Gasteiger partial charge in [-0.25, -0.2) is 9.97 Å². The number of ether oxygens (including phenoxy) is 1. The van der Waals surface area contributed by atoms with E-state index in [1.807, 2.05) is 36.5 Å². The molecular formula is C42H39ClI2N4O2. The van der Waals surface area contributed by atoms with Crippen LogP contribution in [-0.4, -0.2) is 63.3 Å². The third kappa shape index (κ3) is 10.8. The molecule has 8 rings (SSSR count). The second kappa shape index (κ2) is 18.9. The van der Waals surface area contributed by atoms with Crippen molar-refractivity contribution in [2.45, 2.75) is 24.3 Å². The zero-order valence-electron chi connectivity index (χ0n) is 27.9. The van der Waals surface area contributed by atoms with Crippen molar-refractivity contribution in [2.24, 2.45) is 0 Å². The van der Waals surface area contributed by atoms with Crippen LogP contribution in [0, 0.1) is 7.14 Å². The maximum atomic E-state index is 9.52. The van der Waals surface area contributed by atoms with Crippen LogP contribution in [0.3, 0.4) is 0 Å². The van der Waals surface area contributed by atoms with Gasteiger partial charge in [0.25, 0.3) is 0 Å². The van der Waals surface area contributed by atoms with E-state index in [1.165, 1.54) is 22.3 Å². The maximum Gasteiger partial charge on any atom is 0.213 e. The van der Waals surface area contributed by atoms with E-state index in [-0.39, 0.29) is 24.3 Å². The van der Waals surface area contributed by atoms with Crippen molar-refractivity contribution >= 4 is 56.8 Å². The number of nitrogens with zero attached hydrogens (tertiary/aromatic N) is 4. The first-order valence-corrected chi connectivity index (χ1v) is 19.4. The van der Waals surface area contributed by atoms with Gasteiger partial charge in [0, 0.05) is 51.8 Å². The third-order valence-corrected chi connectivity index (χ3v) is 10.1. The number of β-amino-alcohol motifs (C(OH)–C–C–N with tert-alkyl or cyclic N) is 1. The Kier molecular flexibility index (Phi) is 13.9. The standard InChI is InChI=1S/C21H19IN2O.C16H17NO.C5H3ClIN/c22-18-11-12-20(23-13-18)25-19-14-24(15-19)21(16-7-3-1-4-8-16)17-9-5-2-6-10-17;18-15-11-17(12-15)16(13-7-3-1-4-8-13)14-9-5-2-6-10-14;6-5-2-1-4(7)3-8-5/h1-13,19,21H,14-15H2;1-10,15-16,18H,11-12H2;1-3H. The van der Waals surface area contributed by atoms with Gasteiger partial charge in [-0.2, -0.15) is 0 Å². The monoisotopic (exact) mass is 920 g/mol. The molecule has 4 heterocycles. The molecule has 0 amide bonds. The molecular weight excluding hydrogens is 882 g/mol. The van der Waals surface area contributed by atoms with Crippen LogP contribution in [-0.2, 0) is 0 Å². The molecule has 0 bridgehead atoms. The van der Waals surface area contributed by atoms with E-state index in [0.29, 0.717) is 11.0 Å². The minimum absolute atomic E-state index is 0.167. The fourth-order valence-corrected chi connectivity index (χ4v) is 6.93. The molecule has 0 radical (unpaired) electrons. The third-order valence-electron chi connectivity index (χ3n) is 8.64. The van der Waals surface area contributed by atoms with Crippen LogP contribution in [0.5, 0.6) is 5.88 Å². The highest BCUT2D eigenvalue weighted by atomic mass is 127. The molecule has 51 heavy (non-hydrogen) atoms. The number of rotatable bonds is 8. The summed E-state index contributed by atoms with van der Waals surface area (Å²) < 4.78 is 8.22. The number of benzene rings is 4. The van der Waals surface area contributed by atoms with Crippen molar-refractivity contribution in [3.8, 4) is 5.88 Å². The van der Waals surface area contributed by atoms with Crippen LogP contribution in [0.1, 0.15) is 34.3 Å². The van der Waals surface area contributed by atoms with Crippen molar-refractivity contribution in [3.63, 3.8) is 0 Å². The molecule has 0 spiro atoms. The zero-order chi connectivity index (χ0) is 35.4. The molecule has 9 heteroatoms. The van der Waals surface area contributed by atoms with Crippen LogP contribution in [0.4, 0.5) is 0 Å². The highest BCUT2D eigenvalue weighted by Crippen LogP contribution is 2.34. The molecule has 0 saturated carbocycles. The number of aliphatic hydroxyl groups excluding tert-OH is 1. The highest BCUT2D eigenvalue weighted by Gasteiger charge is 2.35. The van der Waals surface area contributed by atoms with Crippen molar-refractivity contribution < 1.29 is 9.84 Å². The van der Waals surface area contributed by atoms with Crippen molar-refractivity contribution in [3.05, 3.63) is 193 Å². The van der Waals surface area contributed by atoms with Crippen LogP contribution >= 0.6 is 56.8 Å². The number of likely N-dealkylation sites (tertiary alicyclic amines) is 2. The first-order valence-electron chi connectivity index (χ1n) is 16.8. The Balaban J connectivity index is 0.000000150. The van der Waals surface area contributed by atoms with Crippen molar-refractivity contribution in [1.29, 1.82) is 0 Å². The molecule has 0 unspecified atom stereocenters. The summed E-state index contributed by atoms with van der Waals surface area (Å²) in [7, 11) is 0. The fourth-order valence-electron chi connectivity index (χ4n) is 6.18. The van der Waals surface area contributed by atoms with E-state index < -0.39 is 0 Å². The van der Waals surface area contributed by atoms with Crippen molar-refractivity contribution in [1.82, 2.24) is 19.8 Å². The van der Waals surface area contributed by atoms with E-state index in [9.17, 15) is 5.11 Å². The normalized spacial score (nSPS) is 14.8. The Morgan fingerprint density at radius 2 is 0.941 bits per heavy atom. The molecule has 2 saturated heterocycles. The number of halogens is 3. The average molecular weight is 921 g/mol. The minimum Gasteiger partial charge on any atom is -0.472 e. The Bertz CT molecular complexity index is 1780. The van der Waals surface area contributed by atoms with Gasteiger partial charge in [-0.05, 0) is 85.6 Å². The molecule has 2 fully saturated rings. The summed E-state index contributed by atoms with van der Waals surface area (Å²) in [4.78, 5) is 12.9. The average Bonchev–Trinajstić information content (AvgIpc) is 3.14. The Morgan fingerprint density at radius 1 is 0.549 bits per heavy atom. The lowest BCUT2D eigenvalue weighted by Gasteiger charge is -2.44. The lowest BCUT2D eigenvalue weighted by Crippen LogP contribution is -2.55. The van der Waals surface area contributed by atoms with E-state index in [0.717, 1.165) is 33.3 Å². The van der Waals surface area contributed by atoms with Gasteiger partial charge >= 0.3 is 0 Å². The fraction of sp³-hybridized carbons (Fsp3) is 0.190. The first-order chi connectivity index (χ1) is 24.9. The quantitative estimate of drug-likeness (QED) is 0.121. The summed E-state index contributed by atoms with van der Waals surface area (Å²) in [6.45, 7) is 3.33. The second-order valence-electron chi connectivity index (χ2n) is 12.4. The lowest BCUT2D eigenvalue weighted by molar-refractivity contribution is -0.0160. The summed E-state index contributed by atoms with van der Waals surface area (Å²) >= 11 is 9.92. The smallest absolute Gasteiger partial charge is 0.213 e. The van der Waals surface area contributed by atoms with Gasteiger partial charge in [0.15, 0.2) is 0 Å². The van der Waals surface area contributed by atoms with Crippen LogP contribution in [0.25, 0.3) is 0 Å². The molecule has 1 N–H and O–H groups in total. The summed E-state index contributed by atoms with van der Waals surface area (Å²) in [5.41, 5.74) is 5.21. The van der Waals surface area contributed by atoms with Crippen LogP contribution in [0.15, 0.2) is 158 Å². The summed E-state index contributed by atoms with van der Waals surface area (Å²) in [6.07, 6.45) is 3.59. The Labute approximate surface area is 332 Å². The number of aromatic nitrogens is 2. The molecule has 0 atom stereocenters. The van der Waals surface area contributed by atoms with Crippen LogP contribution < -0.4 is 4.74 Å². The minimum atomic E-state index is -0.167. The Hall–Kier alpha value is -3.39. The van der Waals surface area contributed by atoms with Gasteiger partial charge in [-0.1, -0.05) is 133 Å². The van der Waals surface area contributed by atoms with Gasteiger partial charge in [0.2, 0.25) is 5.88 Å². The molecule has 2 aliphatic heterocycles. The van der Waals surface area contributed by atoms with E-state index in [2.05, 4.69) is 174 Å². The lowest BCUT2D eigenvalue weighted by atomic mass is 9.94. The van der Waals surface area contributed by atoms with Gasteiger partial charge in [-0.15, -0.1) is 0 Å². The SMILES string of the molecule is Clc1ccc(I)cn1.Ic1ccc(OC2CN(C(c3ccccc3)c3ccccc3)C2)nc1.OC1CN(C(c2ccccc2)c2ccccc2)C1. The van der Waals surface area contributed by atoms with Gasteiger partial charge < -0.3 is 9.84 Å². The largest absolute Gasteiger partial charge is 0.472 e. The molecule has 2 aromatic heterocycles. The molecule has 6 nitrogen and oxygen atoms in total. The highest BCUT2D eigenvalue weighted by molar-refractivity contribution is 14.1. The molecule has 6 aromatic rings. The second-order valence-corrected chi connectivity index (χ2v) is 15.2. The van der Waals surface area contributed by atoms with Crippen molar-refractivity contribution in [2.75, 3.05) is 26.2 Å². The van der Waals surface area contributed by atoms with Gasteiger partial charge in [-0.3, -0.25) is 9.80 Å². The first kappa shape index (κ1) is 37.4. The number of hydrogen-bond donors (Lipinski definition) is 1. The van der Waals surface area contributed by atoms with Crippen LogP contribution in [0.2, 0.25) is 5.15 Å². The summed E-state index contributed by atoms with van der Waals surface area (Å²) in [5, 5.41) is 10.1. The van der Waals surface area contributed by atoms with E-state index in [4.69, 9.17) is 16.3 Å². The summed E-state index contributed by atoms with van der Waals surface area (Å²) in [5.74, 6) is 0.709. The van der Waals surface area contributed by atoms with Gasteiger partial charge in [0.1, 0.15) is 11.3 Å². The molecule has 260 valence electrons. The van der Waals surface area contributed by atoms with Gasteiger partial charge in [0.05, 0.1) is 18.2 Å². The predicted octanol–water partition coefficient (Wildman–Crippen LogP) is 9.33. The topological polar surface area (TPSA) is 61.7 Å². The molecule has 2 aliphatic rings. The number of pyridine rings is 2. The molecule has 4 aromatic carbocycles. The Morgan fingerprint density at radius 3 is 1.27 bits per heavy atom. The van der Waals surface area contributed by atoms with E-state index in [1.54, 1.807) is 12.3 Å². The summed E-state index contributed by atoms with van der Waals surface area (Å²) in [6, 6.07) is 50.5.